The maximum Gasteiger partial charge on any atom is 0.288 e. The van der Waals surface area contributed by atoms with E-state index in [4.69, 9.17) is 0 Å². The van der Waals surface area contributed by atoms with E-state index < -0.39 is 0 Å². The Morgan fingerprint density at radius 2 is 1.22 bits per heavy atom. The van der Waals surface area contributed by atoms with E-state index in [9.17, 15) is 0 Å². The molecular formula is C21H23BN+. The quantitative estimate of drug-likeness (QED) is 0.504. The van der Waals surface area contributed by atoms with Crippen LogP contribution in [0.25, 0.3) is 0 Å². The molecule has 0 aliphatic heterocycles. The molecule has 0 bridgehead atoms. The average molecular weight is 300 g/mol. The van der Waals surface area contributed by atoms with Crippen molar-refractivity contribution < 1.29 is 4.57 Å². The topological polar surface area (TPSA) is 3.88 Å². The van der Waals surface area contributed by atoms with E-state index in [2.05, 4.69) is 104 Å². The SMILES string of the molecule is CC(C)c1cc[n+](CB(c2ccccc2)c2ccccc2)cc1. The van der Waals surface area contributed by atoms with Gasteiger partial charge in [-0.05, 0) is 11.5 Å². The van der Waals surface area contributed by atoms with Crippen molar-refractivity contribution in [3.8, 4) is 0 Å². The lowest BCUT2D eigenvalue weighted by Crippen LogP contribution is -2.53. The minimum Gasteiger partial charge on any atom is -0.212 e. The van der Waals surface area contributed by atoms with Crippen LogP contribution in [0.1, 0.15) is 25.3 Å². The predicted octanol–water partition coefficient (Wildman–Crippen LogP) is 2.95. The van der Waals surface area contributed by atoms with Crippen LogP contribution >= 0.6 is 0 Å². The van der Waals surface area contributed by atoms with Crippen LogP contribution in [-0.4, -0.2) is 6.71 Å². The maximum absolute atomic E-state index is 2.29. The lowest BCUT2D eigenvalue weighted by molar-refractivity contribution is -0.679. The fraction of sp³-hybridized carbons (Fsp3) is 0.190. The van der Waals surface area contributed by atoms with Gasteiger partial charge in [0.25, 0.3) is 6.71 Å². The third kappa shape index (κ3) is 3.90. The standard InChI is InChI=1S/C21H23BN/c1-18(2)19-13-15-23(16-14-19)17-22(20-9-5-3-6-10-20)21-11-7-4-8-12-21/h3-16,18H,17H2,1-2H3/q+1. The molecule has 0 aliphatic rings. The molecule has 3 aromatic rings. The zero-order valence-corrected chi connectivity index (χ0v) is 13.9. The summed E-state index contributed by atoms with van der Waals surface area (Å²) in [7, 11) is 0. The van der Waals surface area contributed by atoms with Crippen molar-refractivity contribution in [2.24, 2.45) is 0 Å². The lowest BCUT2D eigenvalue weighted by atomic mass is 9.40. The third-order valence-corrected chi connectivity index (χ3v) is 4.38. The van der Waals surface area contributed by atoms with Crippen molar-refractivity contribution in [1.82, 2.24) is 0 Å². The lowest BCUT2D eigenvalue weighted by Gasteiger charge is -2.12. The number of nitrogens with zero attached hydrogens (tertiary/aromatic N) is 1. The zero-order chi connectivity index (χ0) is 16.1. The van der Waals surface area contributed by atoms with Gasteiger partial charge in [-0.1, -0.05) is 85.4 Å². The molecule has 0 fully saturated rings. The summed E-state index contributed by atoms with van der Waals surface area (Å²) in [5, 5.41) is 0. The number of hydrogen-bond acceptors (Lipinski definition) is 0. The first-order chi connectivity index (χ1) is 11.2. The van der Waals surface area contributed by atoms with Crippen LogP contribution in [-0.2, 0) is 6.44 Å². The van der Waals surface area contributed by atoms with Gasteiger partial charge in [-0.2, -0.15) is 0 Å². The average Bonchev–Trinajstić information content (AvgIpc) is 2.61. The van der Waals surface area contributed by atoms with E-state index in [0.29, 0.717) is 12.6 Å². The van der Waals surface area contributed by atoms with Gasteiger partial charge in [0.2, 0.25) is 0 Å². The highest BCUT2D eigenvalue weighted by atomic mass is 14.9. The van der Waals surface area contributed by atoms with Gasteiger partial charge in [-0.3, -0.25) is 0 Å². The number of rotatable bonds is 5. The fourth-order valence-corrected chi connectivity index (χ4v) is 2.96. The monoisotopic (exact) mass is 300 g/mol. The zero-order valence-electron chi connectivity index (χ0n) is 13.9. The van der Waals surface area contributed by atoms with Crippen LogP contribution in [0.4, 0.5) is 0 Å². The molecular weight excluding hydrogens is 277 g/mol. The molecule has 1 aromatic heterocycles. The number of aromatic nitrogens is 1. The van der Waals surface area contributed by atoms with Gasteiger partial charge in [-0.25, -0.2) is 4.57 Å². The highest BCUT2D eigenvalue weighted by Crippen LogP contribution is 2.10. The molecule has 0 N–H and O–H groups in total. The molecule has 114 valence electrons. The molecule has 2 heteroatoms. The summed E-state index contributed by atoms with van der Waals surface area (Å²) in [5.41, 5.74) is 4.11. The normalized spacial score (nSPS) is 10.7. The van der Waals surface area contributed by atoms with E-state index in [0.717, 1.165) is 6.44 Å². The second-order valence-electron chi connectivity index (χ2n) is 6.36. The smallest absolute Gasteiger partial charge is 0.212 e. The molecule has 0 spiro atoms. The Morgan fingerprint density at radius 1 is 0.739 bits per heavy atom. The second kappa shape index (κ2) is 7.28. The van der Waals surface area contributed by atoms with Gasteiger partial charge in [-0.15, -0.1) is 0 Å². The van der Waals surface area contributed by atoms with Crippen molar-refractivity contribution in [2.75, 3.05) is 0 Å². The highest BCUT2D eigenvalue weighted by molar-refractivity contribution is 6.83. The first-order valence-electron chi connectivity index (χ1n) is 8.33. The summed E-state index contributed by atoms with van der Waals surface area (Å²) in [4.78, 5) is 0. The molecule has 0 atom stereocenters. The van der Waals surface area contributed by atoms with Crippen LogP contribution in [0.2, 0.25) is 0 Å². The van der Waals surface area contributed by atoms with Gasteiger partial charge in [0.1, 0.15) is 6.44 Å². The Balaban J connectivity index is 1.90. The first-order valence-corrected chi connectivity index (χ1v) is 8.33. The summed E-state index contributed by atoms with van der Waals surface area (Å²) in [5.74, 6) is 0.573. The molecule has 3 rings (SSSR count). The Bertz CT molecular complexity index is 681. The van der Waals surface area contributed by atoms with Crippen molar-refractivity contribution in [2.45, 2.75) is 26.2 Å². The van der Waals surface area contributed by atoms with E-state index in [1.807, 2.05) is 0 Å². The third-order valence-electron chi connectivity index (χ3n) is 4.38. The Kier molecular flexibility index (Phi) is 4.92. The van der Waals surface area contributed by atoms with Crippen molar-refractivity contribution in [1.29, 1.82) is 0 Å². The summed E-state index contributed by atoms with van der Waals surface area (Å²) < 4.78 is 2.29. The minimum atomic E-state index is 0.368. The van der Waals surface area contributed by atoms with Crippen molar-refractivity contribution in [3.05, 3.63) is 90.8 Å². The largest absolute Gasteiger partial charge is 0.288 e. The fourth-order valence-electron chi connectivity index (χ4n) is 2.96. The molecule has 1 heterocycles. The second-order valence-corrected chi connectivity index (χ2v) is 6.36. The molecule has 2 aromatic carbocycles. The number of benzene rings is 2. The van der Waals surface area contributed by atoms with Gasteiger partial charge < -0.3 is 0 Å². The van der Waals surface area contributed by atoms with Gasteiger partial charge >= 0.3 is 0 Å². The van der Waals surface area contributed by atoms with E-state index >= 15 is 0 Å². The maximum atomic E-state index is 2.29. The van der Waals surface area contributed by atoms with E-state index in [-0.39, 0.29) is 0 Å². The molecule has 0 unspecified atom stereocenters. The van der Waals surface area contributed by atoms with Crippen molar-refractivity contribution in [3.63, 3.8) is 0 Å². The van der Waals surface area contributed by atoms with Crippen LogP contribution in [0.5, 0.6) is 0 Å². The Morgan fingerprint density at radius 3 is 1.65 bits per heavy atom. The number of hydrogen-bond donors (Lipinski definition) is 0. The van der Waals surface area contributed by atoms with Crippen LogP contribution < -0.4 is 15.5 Å². The molecule has 0 amide bonds. The van der Waals surface area contributed by atoms with Crippen molar-refractivity contribution >= 4 is 17.6 Å². The molecule has 0 radical (unpaired) electrons. The minimum absolute atomic E-state index is 0.368. The molecule has 0 aliphatic carbocycles. The Hall–Kier alpha value is -2.35. The molecule has 0 saturated heterocycles. The summed E-state index contributed by atoms with van der Waals surface area (Å²) in [6, 6.07) is 26.0. The van der Waals surface area contributed by atoms with Crippen LogP contribution in [0.15, 0.2) is 85.2 Å². The predicted molar refractivity (Wildman–Crippen MR) is 98.6 cm³/mol. The molecule has 1 nitrogen and oxygen atoms in total. The summed E-state index contributed by atoms with van der Waals surface area (Å²) in [6.07, 6.45) is 5.36. The highest BCUT2D eigenvalue weighted by Gasteiger charge is 2.24. The Labute approximate surface area is 139 Å². The van der Waals surface area contributed by atoms with Crippen LogP contribution in [0.3, 0.4) is 0 Å². The van der Waals surface area contributed by atoms with Gasteiger partial charge in [0.05, 0.1) is 0 Å². The molecule has 23 heavy (non-hydrogen) atoms. The number of pyridine rings is 1. The van der Waals surface area contributed by atoms with Crippen LogP contribution in [0, 0.1) is 0 Å². The van der Waals surface area contributed by atoms with Gasteiger partial charge in [0.15, 0.2) is 12.4 Å². The first kappa shape index (κ1) is 15.5. The summed E-state index contributed by atoms with van der Waals surface area (Å²) >= 11 is 0. The molecule has 0 saturated carbocycles. The van der Waals surface area contributed by atoms with E-state index in [1.54, 1.807) is 0 Å². The van der Waals surface area contributed by atoms with Gasteiger partial charge in [0, 0.05) is 12.1 Å². The van der Waals surface area contributed by atoms with E-state index in [1.165, 1.54) is 16.5 Å². The summed E-state index contributed by atoms with van der Waals surface area (Å²) in [6.45, 7) is 4.83.